The monoisotopic (exact) mass is 196 g/mol. The molecule has 1 saturated carbocycles. The lowest BCUT2D eigenvalue weighted by molar-refractivity contribution is -0.136. The molecule has 14 heavy (non-hydrogen) atoms. The topological polar surface area (TPSA) is 34.1 Å². The van der Waals surface area contributed by atoms with Crippen LogP contribution in [0.15, 0.2) is 0 Å². The van der Waals surface area contributed by atoms with Gasteiger partial charge in [-0.2, -0.15) is 0 Å². The molecule has 1 aliphatic carbocycles. The van der Waals surface area contributed by atoms with Gasteiger partial charge in [0.15, 0.2) is 0 Å². The molecule has 1 unspecified atom stereocenters. The molecule has 1 atom stereocenters. The van der Waals surface area contributed by atoms with Gasteiger partial charge >= 0.3 is 0 Å². The molecule has 1 rings (SSSR count). The normalized spacial score (nSPS) is 22.8. The molecule has 2 nitrogen and oxygen atoms in total. The Balaban J connectivity index is 2.61. The molecule has 0 spiro atoms. The summed E-state index contributed by atoms with van der Waals surface area (Å²) in [5.41, 5.74) is 0. The van der Waals surface area contributed by atoms with Crippen molar-refractivity contribution in [2.24, 2.45) is 11.8 Å². The Morgan fingerprint density at radius 3 is 2.50 bits per heavy atom. The van der Waals surface area contributed by atoms with Crippen molar-refractivity contribution < 1.29 is 9.59 Å². The summed E-state index contributed by atoms with van der Waals surface area (Å²) >= 11 is 0. The van der Waals surface area contributed by atoms with Gasteiger partial charge in [0.1, 0.15) is 11.6 Å². The molecule has 80 valence electrons. The van der Waals surface area contributed by atoms with Crippen molar-refractivity contribution >= 4 is 11.6 Å². The quantitative estimate of drug-likeness (QED) is 0.648. The minimum atomic E-state index is -0.256. The number of rotatable bonds is 4. The number of hydrogen-bond donors (Lipinski definition) is 0. The molecule has 0 aromatic rings. The van der Waals surface area contributed by atoms with Crippen molar-refractivity contribution in [2.75, 3.05) is 0 Å². The van der Waals surface area contributed by atoms with E-state index in [1.165, 1.54) is 0 Å². The zero-order valence-electron chi connectivity index (χ0n) is 9.21. The van der Waals surface area contributed by atoms with Gasteiger partial charge in [-0.05, 0) is 25.7 Å². The number of hydrogen-bond acceptors (Lipinski definition) is 2. The average molecular weight is 196 g/mol. The Morgan fingerprint density at radius 1 is 1.36 bits per heavy atom. The SMILES string of the molecule is CCC(CC)C(=O)C1CCCCC1=O. The van der Waals surface area contributed by atoms with Crippen LogP contribution in [0.3, 0.4) is 0 Å². The lowest BCUT2D eigenvalue weighted by atomic mass is 9.79. The van der Waals surface area contributed by atoms with Crippen molar-refractivity contribution in [2.45, 2.75) is 52.4 Å². The van der Waals surface area contributed by atoms with Crippen LogP contribution in [0.2, 0.25) is 0 Å². The molecule has 0 aromatic heterocycles. The molecule has 0 amide bonds. The second-order valence-electron chi connectivity index (χ2n) is 4.18. The molecule has 0 radical (unpaired) electrons. The van der Waals surface area contributed by atoms with E-state index in [-0.39, 0.29) is 23.4 Å². The average Bonchev–Trinajstić information content (AvgIpc) is 2.20. The highest BCUT2D eigenvalue weighted by Gasteiger charge is 2.31. The maximum Gasteiger partial charge on any atom is 0.146 e. The molecule has 0 aromatic carbocycles. The standard InChI is InChI=1S/C12H20O2/c1-3-9(4-2)12(14)10-7-5-6-8-11(10)13/h9-10H,3-8H2,1-2H3. The van der Waals surface area contributed by atoms with E-state index in [1.807, 2.05) is 13.8 Å². The first-order chi connectivity index (χ1) is 6.70. The lowest BCUT2D eigenvalue weighted by Gasteiger charge is -2.22. The highest BCUT2D eigenvalue weighted by molar-refractivity contribution is 6.03. The molecule has 0 bridgehead atoms. The van der Waals surface area contributed by atoms with Gasteiger partial charge < -0.3 is 0 Å². The zero-order chi connectivity index (χ0) is 10.6. The highest BCUT2D eigenvalue weighted by atomic mass is 16.2. The maximum atomic E-state index is 11.9. The van der Waals surface area contributed by atoms with E-state index in [0.29, 0.717) is 6.42 Å². The number of carbonyl (C=O) groups excluding carboxylic acids is 2. The Hall–Kier alpha value is -0.660. The fourth-order valence-corrected chi connectivity index (χ4v) is 2.26. The van der Waals surface area contributed by atoms with Gasteiger partial charge in [0, 0.05) is 12.3 Å². The summed E-state index contributed by atoms with van der Waals surface area (Å²) in [6, 6.07) is 0. The third-order valence-electron chi connectivity index (χ3n) is 3.29. The molecule has 0 aliphatic heterocycles. The summed E-state index contributed by atoms with van der Waals surface area (Å²) < 4.78 is 0. The number of Topliss-reactive ketones (excluding diaryl/α,β-unsaturated/α-hetero) is 2. The van der Waals surface area contributed by atoms with Crippen molar-refractivity contribution in [1.82, 2.24) is 0 Å². The van der Waals surface area contributed by atoms with Crippen LogP contribution in [-0.2, 0) is 9.59 Å². The first-order valence-corrected chi connectivity index (χ1v) is 5.77. The molecule has 0 saturated heterocycles. The maximum absolute atomic E-state index is 11.9. The number of ketones is 2. The van der Waals surface area contributed by atoms with Gasteiger partial charge in [0.05, 0.1) is 5.92 Å². The van der Waals surface area contributed by atoms with Crippen LogP contribution in [0.1, 0.15) is 52.4 Å². The summed E-state index contributed by atoms with van der Waals surface area (Å²) in [4.78, 5) is 23.5. The van der Waals surface area contributed by atoms with E-state index < -0.39 is 0 Å². The molecular weight excluding hydrogens is 176 g/mol. The fourth-order valence-electron chi connectivity index (χ4n) is 2.26. The van der Waals surface area contributed by atoms with E-state index in [1.54, 1.807) is 0 Å². The molecule has 1 aliphatic rings. The predicted molar refractivity (Wildman–Crippen MR) is 56.0 cm³/mol. The Labute approximate surface area is 86.1 Å². The van der Waals surface area contributed by atoms with E-state index in [2.05, 4.69) is 0 Å². The fraction of sp³-hybridized carbons (Fsp3) is 0.833. The third kappa shape index (κ3) is 2.43. The van der Waals surface area contributed by atoms with Crippen molar-refractivity contribution in [3.63, 3.8) is 0 Å². The van der Waals surface area contributed by atoms with Crippen LogP contribution < -0.4 is 0 Å². The highest BCUT2D eigenvalue weighted by Crippen LogP contribution is 2.26. The summed E-state index contributed by atoms with van der Waals surface area (Å²) in [6.45, 7) is 4.05. The molecule has 0 N–H and O–H groups in total. The first-order valence-electron chi connectivity index (χ1n) is 5.77. The smallest absolute Gasteiger partial charge is 0.146 e. The molecule has 0 heterocycles. The minimum Gasteiger partial charge on any atom is -0.299 e. The Morgan fingerprint density at radius 2 is 2.00 bits per heavy atom. The van der Waals surface area contributed by atoms with Gasteiger partial charge in [-0.3, -0.25) is 9.59 Å². The lowest BCUT2D eigenvalue weighted by Crippen LogP contribution is -2.31. The van der Waals surface area contributed by atoms with Gasteiger partial charge in [0.25, 0.3) is 0 Å². The van der Waals surface area contributed by atoms with Crippen LogP contribution in [0.4, 0.5) is 0 Å². The Kier molecular flexibility index (Phi) is 4.30. The van der Waals surface area contributed by atoms with E-state index in [0.717, 1.165) is 32.1 Å². The van der Waals surface area contributed by atoms with E-state index in [4.69, 9.17) is 0 Å². The van der Waals surface area contributed by atoms with Crippen LogP contribution in [0, 0.1) is 11.8 Å². The summed E-state index contributed by atoms with van der Waals surface area (Å²) in [5, 5.41) is 0. The largest absolute Gasteiger partial charge is 0.299 e. The van der Waals surface area contributed by atoms with Gasteiger partial charge in [-0.1, -0.05) is 20.3 Å². The van der Waals surface area contributed by atoms with E-state index >= 15 is 0 Å². The summed E-state index contributed by atoms with van der Waals surface area (Å²) in [7, 11) is 0. The van der Waals surface area contributed by atoms with Gasteiger partial charge in [-0.25, -0.2) is 0 Å². The van der Waals surface area contributed by atoms with Crippen LogP contribution >= 0.6 is 0 Å². The van der Waals surface area contributed by atoms with Crippen molar-refractivity contribution in [1.29, 1.82) is 0 Å². The predicted octanol–water partition coefficient (Wildman–Crippen LogP) is 2.75. The zero-order valence-corrected chi connectivity index (χ0v) is 9.21. The van der Waals surface area contributed by atoms with Crippen molar-refractivity contribution in [3.8, 4) is 0 Å². The van der Waals surface area contributed by atoms with E-state index in [9.17, 15) is 9.59 Å². The van der Waals surface area contributed by atoms with Crippen molar-refractivity contribution in [3.05, 3.63) is 0 Å². The summed E-state index contributed by atoms with van der Waals surface area (Å²) in [5.74, 6) is 0.253. The van der Waals surface area contributed by atoms with Crippen LogP contribution in [-0.4, -0.2) is 11.6 Å². The van der Waals surface area contributed by atoms with Crippen LogP contribution in [0.5, 0.6) is 0 Å². The van der Waals surface area contributed by atoms with Gasteiger partial charge in [-0.15, -0.1) is 0 Å². The summed E-state index contributed by atoms with van der Waals surface area (Å²) in [6.07, 6.45) is 5.19. The minimum absolute atomic E-state index is 0.113. The van der Waals surface area contributed by atoms with Crippen LogP contribution in [0.25, 0.3) is 0 Å². The molecule has 2 heteroatoms. The molecular formula is C12H20O2. The second kappa shape index (κ2) is 5.28. The second-order valence-corrected chi connectivity index (χ2v) is 4.18. The Bertz CT molecular complexity index is 216. The molecule has 1 fully saturated rings. The first kappa shape index (κ1) is 11.4. The third-order valence-corrected chi connectivity index (χ3v) is 3.29. The number of carbonyl (C=O) groups is 2. The van der Waals surface area contributed by atoms with Gasteiger partial charge in [0.2, 0.25) is 0 Å².